The molecule has 0 fully saturated rings. The molecule has 0 heterocycles. The van der Waals surface area contributed by atoms with Gasteiger partial charge in [-0.3, -0.25) is 0 Å². The average Bonchev–Trinajstić information content (AvgIpc) is 2.19. The molecule has 0 aliphatic rings. The molecule has 15 heavy (non-hydrogen) atoms. The Balaban J connectivity index is 2.55. The smallest absolute Gasteiger partial charge is 0.118 e. The summed E-state index contributed by atoms with van der Waals surface area (Å²) in [6, 6.07) is 5.38. The van der Waals surface area contributed by atoms with Crippen LogP contribution in [-0.4, -0.2) is 27.5 Å². The molecule has 0 radical (unpaired) electrons. The molecule has 0 amide bonds. The number of rotatable bonds is 4. The minimum absolute atomic E-state index is 0.287. The molecule has 3 nitrogen and oxygen atoms in total. The second-order valence-corrected chi connectivity index (χ2v) is 3.97. The molecule has 84 valence electrons. The summed E-state index contributed by atoms with van der Waals surface area (Å²) >= 11 is 0. The summed E-state index contributed by atoms with van der Waals surface area (Å²) < 4.78 is 0. The lowest BCUT2D eigenvalue weighted by atomic mass is 10.0. The molecule has 2 unspecified atom stereocenters. The van der Waals surface area contributed by atoms with Gasteiger partial charge < -0.3 is 15.3 Å². The quantitative estimate of drug-likeness (QED) is 0.703. The van der Waals surface area contributed by atoms with Gasteiger partial charge in [0.15, 0.2) is 0 Å². The Labute approximate surface area is 90.0 Å². The van der Waals surface area contributed by atoms with E-state index in [0.29, 0.717) is 12.8 Å². The van der Waals surface area contributed by atoms with Crippen molar-refractivity contribution in [1.82, 2.24) is 0 Å². The number of aliphatic hydroxyl groups is 2. The third-order valence-electron chi connectivity index (χ3n) is 2.55. The van der Waals surface area contributed by atoms with Crippen LogP contribution in [0.4, 0.5) is 0 Å². The molecule has 1 aromatic carbocycles. The summed E-state index contributed by atoms with van der Waals surface area (Å²) in [5.41, 5.74) is 1.89. The Bertz CT molecular complexity index is 321. The highest BCUT2D eigenvalue weighted by Crippen LogP contribution is 2.18. The molecule has 2 atom stereocenters. The fourth-order valence-electron chi connectivity index (χ4n) is 1.43. The van der Waals surface area contributed by atoms with Crippen LogP contribution >= 0.6 is 0 Å². The predicted molar refractivity (Wildman–Crippen MR) is 58.9 cm³/mol. The maximum absolute atomic E-state index is 9.41. The van der Waals surface area contributed by atoms with Crippen LogP contribution in [0.25, 0.3) is 0 Å². The first-order chi connectivity index (χ1) is 7.00. The highest BCUT2D eigenvalue weighted by atomic mass is 16.3. The molecule has 0 saturated heterocycles. The summed E-state index contributed by atoms with van der Waals surface area (Å²) in [6.07, 6.45) is -0.142. The normalized spacial score (nSPS) is 14.9. The van der Waals surface area contributed by atoms with Gasteiger partial charge in [0.2, 0.25) is 0 Å². The number of phenols is 1. The molecule has 0 aliphatic heterocycles. The van der Waals surface area contributed by atoms with Crippen molar-refractivity contribution in [3.8, 4) is 5.75 Å². The van der Waals surface area contributed by atoms with Gasteiger partial charge in [0.25, 0.3) is 0 Å². The number of hydrogen-bond donors (Lipinski definition) is 3. The van der Waals surface area contributed by atoms with Gasteiger partial charge in [0, 0.05) is 0 Å². The maximum Gasteiger partial charge on any atom is 0.118 e. The SMILES string of the molecule is Cc1cc(CCC(O)C(C)O)ccc1O. The van der Waals surface area contributed by atoms with Gasteiger partial charge in [-0.2, -0.15) is 0 Å². The molecule has 3 heteroatoms. The first-order valence-electron chi connectivity index (χ1n) is 5.15. The largest absolute Gasteiger partial charge is 0.508 e. The van der Waals surface area contributed by atoms with Crippen molar-refractivity contribution in [2.24, 2.45) is 0 Å². The number of aliphatic hydroxyl groups excluding tert-OH is 2. The molecule has 0 aromatic heterocycles. The molecular formula is C12H18O3. The zero-order valence-corrected chi connectivity index (χ0v) is 9.14. The van der Waals surface area contributed by atoms with Crippen molar-refractivity contribution in [2.75, 3.05) is 0 Å². The zero-order valence-electron chi connectivity index (χ0n) is 9.14. The standard InChI is InChI=1S/C12H18O3/c1-8-7-10(3-5-11(8)14)4-6-12(15)9(2)13/h3,5,7,9,12-15H,4,6H2,1-2H3. The topological polar surface area (TPSA) is 60.7 Å². The molecule has 0 saturated carbocycles. The van der Waals surface area contributed by atoms with E-state index >= 15 is 0 Å². The van der Waals surface area contributed by atoms with E-state index in [2.05, 4.69) is 0 Å². The van der Waals surface area contributed by atoms with Crippen LogP contribution in [0.5, 0.6) is 5.75 Å². The van der Waals surface area contributed by atoms with E-state index in [1.807, 2.05) is 19.1 Å². The molecule has 3 N–H and O–H groups in total. The Morgan fingerprint density at radius 1 is 1.27 bits per heavy atom. The second kappa shape index (κ2) is 5.14. The van der Waals surface area contributed by atoms with Gasteiger partial charge in [-0.25, -0.2) is 0 Å². The van der Waals surface area contributed by atoms with E-state index in [0.717, 1.165) is 11.1 Å². The molecular weight excluding hydrogens is 192 g/mol. The summed E-state index contributed by atoms with van der Waals surface area (Å²) in [6.45, 7) is 3.41. The van der Waals surface area contributed by atoms with Crippen LogP contribution in [-0.2, 0) is 6.42 Å². The average molecular weight is 210 g/mol. The van der Waals surface area contributed by atoms with E-state index in [1.54, 1.807) is 13.0 Å². The lowest BCUT2D eigenvalue weighted by molar-refractivity contribution is 0.0265. The predicted octanol–water partition coefficient (Wildman–Crippen LogP) is 1.37. The highest BCUT2D eigenvalue weighted by molar-refractivity contribution is 5.34. The lowest BCUT2D eigenvalue weighted by Crippen LogP contribution is -2.22. The first-order valence-corrected chi connectivity index (χ1v) is 5.15. The number of hydrogen-bond acceptors (Lipinski definition) is 3. The monoisotopic (exact) mass is 210 g/mol. The number of aromatic hydroxyl groups is 1. The summed E-state index contributed by atoms with van der Waals surface area (Å²) in [5, 5.41) is 27.8. The minimum atomic E-state index is -0.691. The third-order valence-corrected chi connectivity index (χ3v) is 2.55. The minimum Gasteiger partial charge on any atom is -0.508 e. The fourth-order valence-corrected chi connectivity index (χ4v) is 1.43. The van der Waals surface area contributed by atoms with E-state index in [4.69, 9.17) is 5.11 Å². The van der Waals surface area contributed by atoms with E-state index in [-0.39, 0.29) is 5.75 Å². The van der Waals surface area contributed by atoms with Gasteiger partial charge in [-0.05, 0) is 43.9 Å². The van der Waals surface area contributed by atoms with Crippen LogP contribution in [0.15, 0.2) is 18.2 Å². The summed E-state index contributed by atoms with van der Waals surface area (Å²) in [4.78, 5) is 0. The molecule has 1 rings (SSSR count). The summed E-state index contributed by atoms with van der Waals surface area (Å²) in [7, 11) is 0. The number of benzene rings is 1. The van der Waals surface area contributed by atoms with Crippen molar-refractivity contribution in [1.29, 1.82) is 0 Å². The number of phenolic OH excluding ortho intramolecular Hbond substituents is 1. The maximum atomic E-state index is 9.41. The van der Waals surface area contributed by atoms with Gasteiger partial charge in [0.05, 0.1) is 12.2 Å². The van der Waals surface area contributed by atoms with Crippen molar-refractivity contribution >= 4 is 0 Å². The summed E-state index contributed by atoms with van der Waals surface area (Å²) in [5.74, 6) is 0.287. The van der Waals surface area contributed by atoms with E-state index in [9.17, 15) is 10.2 Å². The van der Waals surface area contributed by atoms with Crippen molar-refractivity contribution in [3.63, 3.8) is 0 Å². The van der Waals surface area contributed by atoms with Crippen LogP contribution in [0.3, 0.4) is 0 Å². The molecule has 0 aliphatic carbocycles. The Morgan fingerprint density at radius 2 is 1.93 bits per heavy atom. The van der Waals surface area contributed by atoms with E-state index in [1.165, 1.54) is 0 Å². The zero-order chi connectivity index (χ0) is 11.4. The Kier molecular flexibility index (Phi) is 4.12. The Morgan fingerprint density at radius 3 is 2.47 bits per heavy atom. The van der Waals surface area contributed by atoms with Crippen LogP contribution in [0, 0.1) is 6.92 Å². The lowest BCUT2D eigenvalue weighted by Gasteiger charge is -2.13. The molecule has 0 bridgehead atoms. The molecule has 1 aromatic rings. The second-order valence-electron chi connectivity index (χ2n) is 3.97. The third kappa shape index (κ3) is 3.53. The van der Waals surface area contributed by atoms with Crippen molar-refractivity contribution < 1.29 is 15.3 Å². The van der Waals surface area contributed by atoms with Gasteiger partial charge in [0.1, 0.15) is 5.75 Å². The van der Waals surface area contributed by atoms with Crippen LogP contribution in [0.2, 0.25) is 0 Å². The van der Waals surface area contributed by atoms with Gasteiger partial charge >= 0.3 is 0 Å². The van der Waals surface area contributed by atoms with Crippen LogP contribution in [0.1, 0.15) is 24.5 Å². The van der Waals surface area contributed by atoms with Gasteiger partial charge in [-0.1, -0.05) is 12.1 Å². The number of aryl methyl sites for hydroxylation is 2. The first kappa shape index (κ1) is 12.0. The molecule has 0 spiro atoms. The van der Waals surface area contributed by atoms with Gasteiger partial charge in [-0.15, -0.1) is 0 Å². The van der Waals surface area contributed by atoms with Crippen molar-refractivity contribution in [2.45, 2.75) is 38.9 Å². The van der Waals surface area contributed by atoms with E-state index < -0.39 is 12.2 Å². The van der Waals surface area contributed by atoms with Crippen molar-refractivity contribution in [3.05, 3.63) is 29.3 Å². The fraction of sp³-hybridized carbons (Fsp3) is 0.500. The highest BCUT2D eigenvalue weighted by Gasteiger charge is 2.10. The Hall–Kier alpha value is -1.06. The van der Waals surface area contributed by atoms with Crippen LogP contribution < -0.4 is 0 Å².